The van der Waals surface area contributed by atoms with Gasteiger partial charge in [0.05, 0.1) is 0 Å². The second kappa shape index (κ2) is 5.80. The van der Waals surface area contributed by atoms with Gasteiger partial charge in [0.1, 0.15) is 0 Å². The van der Waals surface area contributed by atoms with E-state index in [0.29, 0.717) is 6.04 Å². The molecule has 1 fully saturated rings. The lowest BCUT2D eigenvalue weighted by atomic mass is 9.75. The van der Waals surface area contributed by atoms with E-state index in [1.54, 1.807) is 0 Å². The van der Waals surface area contributed by atoms with Crippen molar-refractivity contribution in [3.63, 3.8) is 0 Å². The van der Waals surface area contributed by atoms with Crippen LogP contribution in [0, 0.1) is 13.8 Å². The Morgan fingerprint density at radius 1 is 0.950 bits per heavy atom. The summed E-state index contributed by atoms with van der Waals surface area (Å²) >= 11 is 0. The van der Waals surface area contributed by atoms with Crippen LogP contribution in [-0.4, -0.2) is 6.04 Å². The molecule has 1 N–H and O–H groups in total. The highest BCUT2D eigenvalue weighted by Crippen LogP contribution is 2.37. The zero-order chi connectivity index (χ0) is 13.9. The first-order chi connectivity index (χ1) is 9.70. The van der Waals surface area contributed by atoms with E-state index in [9.17, 15) is 0 Å². The van der Waals surface area contributed by atoms with Gasteiger partial charge in [-0.15, -0.1) is 0 Å². The quantitative estimate of drug-likeness (QED) is 0.867. The van der Waals surface area contributed by atoms with Gasteiger partial charge in [0, 0.05) is 12.6 Å². The second-order valence-electron chi connectivity index (χ2n) is 6.15. The van der Waals surface area contributed by atoms with E-state index in [4.69, 9.17) is 0 Å². The predicted molar refractivity (Wildman–Crippen MR) is 85.0 cm³/mol. The Labute approximate surface area is 122 Å². The first kappa shape index (κ1) is 13.4. The lowest BCUT2D eigenvalue weighted by molar-refractivity contribution is 0.289. The lowest BCUT2D eigenvalue weighted by Crippen LogP contribution is -2.39. The van der Waals surface area contributed by atoms with Gasteiger partial charge in [0.25, 0.3) is 0 Å². The molecule has 0 amide bonds. The van der Waals surface area contributed by atoms with E-state index in [1.165, 1.54) is 35.1 Å². The Hall–Kier alpha value is -1.60. The molecule has 3 rings (SSSR count). The van der Waals surface area contributed by atoms with Crippen LogP contribution < -0.4 is 5.32 Å². The Kier molecular flexibility index (Phi) is 3.88. The minimum Gasteiger partial charge on any atom is -0.310 e. The van der Waals surface area contributed by atoms with Crippen molar-refractivity contribution in [3.05, 3.63) is 70.8 Å². The second-order valence-corrected chi connectivity index (χ2v) is 6.15. The minimum absolute atomic E-state index is 0.682. The first-order valence-corrected chi connectivity index (χ1v) is 7.56. The van der Waals surface area contributed by atoms with Crippen molar-refractivity contribution in [1.82, 2.24) is 5.32 Å². The molecule has 0 spiro atoms. The van der Waals surface area contributed by atoms with Crippen molar-refractivity contribution in [3.8, 4) is 0 Å². The molecular formula is C19H23N. The van der Waals surface area contributed by atoms with Gasteiger partial charge < -0.3 is 5.32 Å². The summed E-state index contributed by atoms with van der Waals surface area (Å²) < 4.78 is 0. The van der Waals surface area contributed by atoms with Crippen molar-refractivity contribution in [2.75, 3.05) is 0 Å². The van der Waals surface area contributed by atoms with Gasteiger partial charge >= 0.3 is 0 Å². The van der Waals surface area contributed by atoms with Crippen molar-refractivity contribution >= 4 is 0 Å². The number of hydrogen-bond donors (Lipinski definition) is 1. The molecule has 0 saturated heterocycles. The molecule has 0 atom stereocenters. The summed E-state index contributed by atoms with van der Waals surface area (Å²) in [6, 6.07) is 18.5. The largest absolute Gasteiger partial charge is 0.310 e. The fourth-order valence-corrected chi connectivity index (χ4v) is 2.95. The molecule has 2 aromatic carbocycles. The Morgan fingerprint density at radius 3 is 2.40 bits per heavy atom. The molecule has 2 aromatic rings. The SMILES string of the molecule is Cc1ccc(CNC2CC(c3cccc(C)c3)C2)cc1. The zero-order valence-electron chi connectivity index (χ0n) is 12.4. The molecule has 1 heteroatoms. The Balaban J connectivity index is 1.48. The molecule has 1 nitrogen and oxygen atoms in total. The molecule has 1 aliphatic rings. The summed E-state index contributed by atoms with van der Waals surface area (Å²) in [5.41, 5.74) is 5.60. The van der Waals surface area contributed by atoms with Crippen LogP contribution >= 0.6 is 0 Å². The molecule has 1 aliphatic carbocycles. The molecular weight excluding hydrogens is 242 g/mol. The van der Waals surface area contributed by atoms with Gasteiger partial charge in [0.15, 0.2) is 0 Å². The van der Waals surface area contributed by atoms with Crippen molar-refractivity contribution in [1.29, 1.82) is 0 Å². The van der Waals surface area contributed by atoms with Crippen LogP contribution in [0.3, 0.4) is 0 Å². The number of nitrogens with one attached hydrogen (secondary N) is 1. The van der Waals surface area contributed by atoms with Crippen LogP contribution in [-0.2, 0) is 6.54 Å². The van der Waals surface area contributed by atoms with Gasteiger partial charge in [-0.2, -0.15) is 0 Å². The monoisotopic (exact) mass is 265 g/mol. The van der Waals surface area contributed by atoms with E-state index in [0.717, 1.165) is 12.5 Å². The molecule has 0 aromatic heterocycles. The topological polar surface area (TPSA) is 12.0 Å². The number of aryl methyl sites for hydroxylation is 2. The van der Waals surface area contributed by atoms with E-state index in [2.05, 4.69) is 67.7 Å². The predicted octanol–water partition coefficient (Wildman–Crippen LogP) is 4.34. The molecule has 0 heterocycles. The van der Waals surface area contributed by atoms with Crippen molar-refractivity contribution in [2.24, 2.45) is 0 Å². The highest BCUT2D eigenvalue weighted by Gasteiger charge is 2.29. The van der Waals surface area contributed by atoms with Crippen LogP contribution in [0.5, 0.6) is 0 Å². The molecule has 0 aliphatic heterocycles. The van der Waals surface area contributed by atoms with E-state index >= 15 is 0 Å². The van der Waals surface area contributed by atoms with E-state index in [-0.39, 0.29) is 0 Å². The highest BCUT2D eigenvalue weighted by molar-refractivity contribution is 5.28. The molecule has 0 radical (unpaired) electrons. The third-order valence-corrected chi connectivity index (χ3v) is 4.37. The van der Waals surface area contributed by atoms with Gasteiger partial charge in [0.2, 0.25) is 0 Å². The summed E-state index contributed by atoms with van der Waals surface area (Å²) in [6.07, 6.45) is 2.55. The van der Waals surface area contributed by atoms with Crippen LogP contribution in [0.4, 0.5) is 0 Å². The standard InChI is InChI=1S/C19H23N/c1-14-6-8-16(9-7-14)13-20-19-11-18(12-19)17-5-3-4-15(2)10-17/h3-10,18-20H,11-13H2,1-2H3. The van der Waals surface area contributed by atoms with Gasteiger partial charge in [-0.3, -0.25) is 0 Å². The van der Waals surface area contributed by atoms with Gasteiger partial charge in [-0.05, 0) is 43.7 Å². The number of rotatable bonds is 4. The highest BCUT2D eigenvalue weighted by atomic mass is 14.9. The molecule has 104 valence electrons. The summed E-state index contributed by atoms with van der Waals surface area (Å²) in [5.74, 6) is 0.755. The summed E-state index contributed by atoms with van der Waals surface area (Å²) in [7, 11) is 0. The summed E-state index contributed by atoms with van der Waals surface area (Å²) in [5, 5.41) is 3.67. The average Bonchev–Trinajstić information content (AvgIpc) is 2.39. The zero-order valence-corrected chi connectivity index (χ0v) is 12.4. The lowest BCUT2D eigenvalue weighted by Gasteiger charge is -2.36. The number of benzene rings is 2. The van der Waals surface area contributed by atoms with E-state index < -0.39 is 0 Å². The molecule has 0 bridgehead atoms. The maximum absolute atomic E-state index is 3.67. The van der Waals surface area contributed by atoms with Crippen molar-refractivity contribution in [2.45, 2.75) is 45.2 Å². The fraction of sp³-hybridized carbons (Fsp3) is 0.368. The number of hydrogen-bond acceptors (Lipinski definition) is 1. The Morgan fingerprint density at radius 2 is 1.70 bits per heavy atom. The first-order valence-electron chi connectivity index (χ1n) is 7.56. The summed E-state index contributed by atoms with van der Waals surface area (Å²) in [4.78, 5) is 0. The van der Waals surface area contributed by atoms with Gasteiger partial charge in [-0.1, -0.05) is 59.7 Å². The smallest absolute Gasteiger partial charge is 0.0208 e. The normalized spacial score (nSPS) is 21.5. The average molecular weight is 265 g/mol. The van der Waals surface area contributed by atoms with Crippen molar-refractivity contribution < 1.29 is 0 Å². The van der Waals surface area contributed by atoms with Crippen LogP contribution in [0.2, 0.25) is 0 Å². The Bertz CT molecular complexity index is 565. The maximum Gasteiger partial charge on any atom is 0.0208 e. The molecule has 20 heavy (non-hydrogen) atoms. The van der Waals surface area contributed by atoms with Gasteiger partial charge in [-0.25, -0.2) is 0 Å². The molecule has 1 saturated carbocycles. The fourth-order valence-electron chi connectivity index (χ4n) is 2.95. The summed E-state index contributed by atoms with van der Waals surface area (Å²) in [6.45, 7) is 5.30. The third-order valence-electron chi connectivity index (χ3n) is 4.37. The third kappa shape index (κ3) is 3.10. The van der Waals surface area contributed by atoms with Crippen LogP contribution in [0.25, 0.3) is 0 Å². The van der Waals surface area contributed by atoms with E-state index in [1.807, 2.05) is 0 Å². The maximum atomic E-state index is 3.67. The molecule has 0 unspecified atom stereocenters. The van der Waals surface area contributed by atoms with Crippen LogP contribution in [0.1, 0.15) is 41.0 Å². The minimum atomic E-state index is 0.682. The van der Waals surface area contributed by atoms with Crippen LogP contribution in [0.15, 0.2) is 48.5 Å².